The minimum absolute atomic E-state index is 0.0372. The van der Waals surface area contributed by atoms with Crippen LogP contribution in [0.4, 0.5) is 11.4 Å². The van der Waals surface area contributed by atoms with Crippen LogP contribution >= 0.6 is 27.5 Å². The van der Waals surface area contributed by atoms with Gasteiger partial charge in [-0.1, -0.05) is 67.0 Å². The molecule has 0 atom stereocenters. The second-order valence-corrected chi connectivity index (χ2v) is 20.1. The summed E-state index contributed by atoms with van der Waals surface area (Å²) in [6.07, 6.45) is 9.75. The first-order valence-corrected chi connectivity index (χ1v) is 20.2. The van der Waals surface area contributed by atoms with E-state index in [1.54, 1.807) is 21.8 Å². The van der Waals surface area contributed by atoms with Crippen molar-refractivity contribution in [3.8, 4) is 0 Å². The molecule has 3 fully saturated rings. The zero-order chi connectivity index (χ0) is 38.6. The first-order valence-electron chi connectivity index (χ1n) is 19.0. The summed E-state index contributed by atoms with van der Waals surface area (Å²) < 4.78 is 9.27. The summed E-state index contributed by atoms with van der Waals surface area (Å²) in [5.74, 6) is 0. The molecule has 1 N–H and O–H groups in total. The van der Waals surface area contributed by atoms with Crippen molar-refractivity contribution < 1.29 is 4.74 Å². The Morgan fingerprint density at radius 3 is 1.79 bits per heavy atom. The first kappa shape index (κ1) is 42.7. The average molecular weight is 810 g/mol. The third-order valence-corrected chi connectivity index (χ3v) is 11.9. The van der Waals surface area contributed by atoms with E-state index in [2.05, 4.69) is 96.6 Å². The van der Waals surface area contributed by atoms with Crippen LogP contribution in [-0.4, -0.2) is 103 Å². The third-order valence-electron chi connectivity index (χ3n) is 10.8. The molecule has 0 aromatic carbocycles. The highest BCUT2D eigenvalue weighted by atomic mass is 79.9. The quantitative estimate of drug-likeness (QED) is 0.267. The van der Waals surface area contributed by atoms with Crippen molar-refractivity contribution in [2.24, 2.45) is 21.7 Å². The lowest BCUT2D eigenvalue weighted by atomic mass is 9.63. The number of nitrogens with zero attached hydrogens (tertiary/aromatic N) is 7. The van der Waals surface area contributed by atoms with Crippen molar-refractivity contribution in [2.75, 3.05) is 83.8 Å². The van der Waals surface area contributed by atoms with Gasteiger partial charge >= 0.3 is 0 Å². The number of aromatic nitrogens is 4. The number of rotatable bonds is 10. The van der Waals surface area contributed by atoms with Gasteiger partial charge < -0.3 is 19.9 Å². The smallest absolute Gasteiger partial charge is 0.287 e. The maximum Gasteiger partial charge on any atom is 0.287 e. The molecule has 52 heavy (non-hydrogen) atoms. The standard InChI is InChI=1S/C20H33BrN4O2.C19H33ClN4O/c1-19(2)11-15(12-20(3,4)14-19)25-18(26)17(21)16(13-23-25)22-5-6-24-7-9-27-10-8-24;1-18(2)10-14(11-19(3,4)13-18)24-17(25)16(20)15(12-21-24)23(7)9-8-22(5)6/h13,15,22H,5-12,14H2,1-4H3;12,14H,8-11,13H2,1-7H3. The highest BCUT2D eigenvalue weighted by Gasteiger charge is 2.41. The van der Waals surface area contributed by atoms with E-state index in [1.165, 1.54) is 6.42 Å². The topological polar surface area (TPSA) is 101 Å². The molecule has 3 heterocycles. The number of hydrogen-bond acceptors (Lipinski definition) is 9. The van der Waals surface area contributed by atoms with Gasteiger partial charge in [-0.3, -0.25) is 14.5 Å². The maximum atomic E-state index is 13.0. The third kappa shape index (κ3) is 11.8. The number of hydrogen-bond donors (Lipinski definition) is 1. The van der Waals surface area contributed by atoms with Gasteiger partial charge in [0.25, 0.3) is 11.1 Å². The second kappa shape index (κ2) is 17.2. The summed E-state index contributed by atoms with van der Waals surface area (Å²) in [5, 5.41) is 12.7. The zero-order valence-electron chi connectivity index (χ0n) is 33.8. The summed E-state index contributed by atoms with van der Waals surface area (Å²) >= 11 is 9.95. The zero-order valence-corrected chi connectivity index (χ0v) is 36.2. The molecule has 1 saturated heterocycles. The van der Waals surface area contributed by atoms with Gasteiger partial charge in [-0.15, -0.1) is 0 Å². The van der Waals surface area contributed by atoms with E-state index in [1.807, 2.05) is 26.0 Å². The molecule has 5 rings (SSSR count). The number of morpholine rings is 1. The second-order valence-electron chi connectivity index (χ2n) is 19.0. The normalized spacial score (nSPS) is 21.7. The lowest BCUT2D eigenvalue weighted by Crippen LogP contribution is -2.40. The molecule has 0 amide bonds. The molecule has 13 heteroatoms. The lowest BCUT2D eigenvalue weighted by molar-refractivity contribution is 0.0398. The monoisotopic (exact) mass is 808 g/mol. The number of anilines is 2. The van der Waals surface area contributed by atoms with Crippen molar-refractivity contribution in [3.05, 3.63) is 42.6 Å². The minimum atomic E-state index is -0.172. The molecular weight excluding hydrogens is 744 g/mol. The molecule has 294 valence electrons. The van der Waals surface area contributed by atoms with Crippen molar-refractivity contribution >= 4 is 38.9 Å². The Labute approximate surface area is 325 Å². The van der Waals surface area contributed by atoms with Gasteiger partial charge in [-0.25, -0.2) is 9.36 Å². The Balaban J connectivity index is 0.000000234. The van der Waals surface area contributed by atoms with Crippen LogP contribution in [0.25, 0.3) is 0 Å². The number of nitrogens with one attached hydrogen (secondary N) is 1. The Morgan fingerprint density at radius 2 is 1.29 bits per heavy atom. The predicted octanol–water partition coefficient (Wildman–Crippen LogP) is 7.20. The SMILES string of the molecule is CC1(C)CC(n2ncc(NCCN3CCOCC3)c(Br)c2=O)CC(C)(C)C1.CN(C)CCN(C)c1cnn(C2CC(C)(C)CC(C)(C)C2)c(=O)c1Cl. The average Bonchev–Trinajstić information content (AvgIpc) is 3.01. The van der Waals surface area contributed by atoms with E-state index in [4.69, 9.17) is 16.3 Å². The molecule has 1 aliphatic heterocycles. The van der Waals surface area contributed by atoms with Gasteiger partial charge in [-0.05, 0) is 90.2 Å². The summed E-state index contributed by atoms with van der Waals surface area (Å²) in [5.41, 5.74) is 2.10. The summed E-state index contributed by atoms with van der Waals surface area (Å²) in [7, 11) is 6.00. The highest BCUT2D eigenvalue weighted by Crippen LogP contribution is 2.50. The van der Waals surface area contributed by atoms with E-state index in [9.17, 15) is 9.59 Å². The molecule has 2 aromatic heterocycles. The molecule has 2 aliphatic carbocycles. The van der Waals surface area contributed by atoms with Crippen molar-refractivity contribution in [3.63, 3.8) is 0 Å². The lowest BCUT2D eigenvalue weighted by Gasteiger charge is -2.45. The molecular formula is C39H66BrClN8O3. The van der Waals surface area contributed by atoms with Gasteiger partial charge in [0.05, 0.1) is 49.1 Å². The number of halogens is 2. The van der Waals surface area contributed by atoms with Crippen molar-refractivity contribution in [2.45, 2.75) is 106 Å². The molecule has 3 aliphatic rings. The summed E-state index contributed by atoms with van der Waals surface area (Å²) in [6, 6.07) is 0.250. The van der Waals surface area contributed by atoms with Crippen LogP contribution < -0.4 is 21.3 Å². The van der Waals surface area contributed by atoms with E-state index in [-0.39, 0.29) is 49.9 Å². The van der Waals surface area contributed by atoms with E-state index >= 15 is 0 Å². The Bertz CT molecular complexity index is 1580. The Hall–Kier alpha value is -1.99. The Morgan fingerprint density at radius 1 is 0.808 bits per heavy atom. The fourth-order valence-electron chi connectivity index (χ4n) is 9.36. The summed E-state index contributed by atoms with van der Waals surface area (Å²) in [4.78, 5) is 32.3. The van der Waals surface area contributed by atoms with Gasteiger partial charge in [0.1, 0.15) is 9.50 Å². The van der Waals surface area contributed by atoms with Crippen LogP contribution in [0, 0.1) is 21.7 Å². The number of ether oxygens (including phenoxy) is 1. The van der Waals surface area contributed by atoms with Crippen LogP contribution in [0.3, 0.4) is 0 Å². The molecule has 11 nitrogen and oxygen atoms in total. The van der Waals surface area contributed by atoms with E-state index < -0.39 is 0 Å². The van der Waals surface area contributed by atoms with Crippen molar-refractivity contribution in [1.82, 2.24) is 29.4 Å². The summed E-state index contributed by atoms with van der Waals surface area (Å²) in [6.45, 7) is 25.2. The minimum Gasteiger partial charge on any atom is -0.381 e. The van der Waals surface area contributed by atoms with E-state index in [0.29, 0.717) is 10.2 Å². The van der Waals surface area contributed by atoms with Crippen LogP contribution in [0.5, 0.6) is 0 Å². The van der Waals surface area contributed by atoms with Crippen molar-refractivity contribution in [1.29, 1.82) is 0 Å². The van der Waals surface area contributed by atoms with E-state index in [0.717, 1.165) is 90.3 Å². The van der Waals surface area contributed by atoms with Crippen LogP contribution in [0.1, 0.15) is 106 Å². The van der Waals surface area contributed by atoms with Gasteiger partial charge in [-0.2, -0.15) is 10.2 Å². The fraction of sp³-hybridized carbons (Fsp3) is 0.795. The van der Waals surface area contributed by atoms with Gasteiger partial charge in [0.15, 0.2) is 0 Å². The van der Waals surface area contributed by atoms with Gasteiger partial charge in [0, 0.05) is 46.3 Å². The number of likely N-dealkylation sites (N-methyl/N-ethyl adjacent to an activating group) is 2. The van der Waals surface area contributed by atoms with Crippen LogP contribution in [0.2, 0.25) is 5.02 Å². The molecule has 2 aromatic rings. The first-order chi connectivity index (χ1) is 24.1. The molecule has 2 saturated carbocycles. The fourth-order valence-corrected chi connectivity index (χ4v) is 10.1. The largest absolute Gasteiger partial charge is 0.381 e. The maximum absolute atomic E-state index is 13.0. The predicted molar refractivity (Wildman–Crippen MR) is 218 cm³/mol. The molecule has 0 spiro atoms. The molecule has 0 radical (unpaired) electrons. The molecule has 0 unspecified atom stereocenters. The van der Waals surface area contributed by atoms with Crippen LogP contribution in [-0.2, 0) is 4.74 Å². The molecule has 0 bridgehead atoms. The van der Waals surface area contributed by atoms with Gasteiger partial charge in [0.2, 0.25) is 0 Å². The highest BCUT2D eigenvalue weighted by molar-refractivity contribution is 9.10. The Kier molecular flexibility index (Phi) is 14.2. The van der Waals surface area contributed by atoms with Crippen LogP contribution in [0.15, 0.2) is 26.5 Å².